The maximum absolute atomic E-state index is 5.55. The number of rotatable bonds is 5. The Morgan fingerprint density at radius 2 is 2.50 bits per heavy atom. The van der Waals surface area contributed by atoms with E-state index in [2.05, 4.69) is 15.3 Å². The van der Waals surface area contributed by atoms with Crippen LogP contribution in [0.15, 0.2) is 10.9 Å². The first-order valence-corrected chi connectivity index (χ1v) is 5.79. The van der Waals surface area contributed by atoms with Crippen LogP contribution in [-0.4, -0.2) is 28.5 Å². The van der Waals surface area contributed by atoms with E-state index in [-0.39, 0.29) is 5.92 Å². The van der Waals surface area contributed by atoms with Gasteiger partial charge < -0.3 is 5.73 Å². The summed E-state index contributed by atoms with van der Waals surface area (Å²) in [5.41, 5.74) is 8.50. The Morgan fingerprint density at radius 3 is 3.00 bits per heavy atom. The van der Waals surface area contributed by atoms with E-state index >= 15 is 0 Å². The summed E-state index contributed by atoms with van der Waals surface area (Å²) in [5.74, 6) is 0.258. The first kappa shape index (κ1) is 11.6. The van der Waals surface area contributed by atoms with Crippen LogP contribution in [0.5, 0.6) is 0 Å². The number of nitrogens with two attached hydrogens (primary N) is 1. The largest absolute Gasteiger partial charge is 0.393 e. The highest BCUT2D eigenvalue weighted by Gasteiger charge is 2.09. The summed E-state index contributed by atoms with van der Waals surface area (Å²) in [6, 6.07) is 0. The Kier molecular flexibility index (Phi) is 4.44. The van der Waals surface area contributed by atoms with Gasteiger partial charge in [0.2, 0.25) is 0 Å². The zero-order valence-electron chi connectivity index (χ0n) is 8.43. The molecule has 78 valence electrons. The summed E-state index contributed by atoms with van der Waals surface area (Å²) in [7, 11) is 2.05. The lowest BCUT2D eigenvalue weighted by molar-refractivity contribution is 0.305. The van der Waals surface area contributed by atoms with E-state index in [1.165, 1.54) is 0 Å². The van der Waals surface area contributed by atoms with Gasteiger partial charge in [-0.3, -0.25) is 4.90 Å². The Hall–Kier alpha value is -0.520. The molecule has 0 bridgehead atoms. The van der Waals surface area contributed by atoms with Gasteiger partial charge in [-0.15, -0.1) is 11.3 Å². The van der Waals surface area contributed by atoms with E-state index in [0.717, 1.165) is 18.8 Å². The lowest BCUT2D eigenvalue weighted by Gasteiger charge is -2.19. The van der Waals surface area contributed by atoms with Crippen LogP contribution in [0.4, 0.5) is 0 Å². The van der Waals surface area contributed by atoms with Gasteiger partial charge in [0.25, 0.3) is 0 Å². The topological polar surface area (TPSA) is 42.2 Å². The summed E-state index contributed by atoms with van der Waals surface area (Å²) in [6.45, 7) is 3.78. The minimum atomic E-state index is 0.258. The Balaban J connectivity index is 2.36. The average molecular weight is 229 g/mol. The molecule has 5 heteroatoms. The van der Waals surface area contributed by atoms with E-state index in [1.807, 2.05) is 19.5 Å². The van der Waals surface area contributed by atoms with Crippen molar-refractivity contribution in [2.24, 2.45) is 11.7 Å². The highest BCUT2D eigenvalue weighted by atomic mass is 32.1. The molecule has 1 aromatic rings. The third-order valence-electron chi connectivity index (χ3n) is 1.99. The van der Waals surface area contributed by atoms with E-state index in [0.29, 0.717) is 4.99 Å². The molecule has 1 atom stereocenters. The third-order valence-corrected chi connectivity index (χ3v) is 3.02. The van der Waals surface area contributed by atoms with Crippen molar-refractivity contribution in [2.75, 3.05) is 13.6 Å². The van der Waals surface area contributed by atoms with Crippen LogP contribution in [0, 0.1) is 5.92 Å². The van der Waals surface area contributed by atoms with Crippen LogP contribution in [0.3, 0.4) is 0 Å². The maximum atomic E-state index is 5.55. The number of hydrogen-bond acceptors (Lipinski definition) is 4. The standard InChI is InChI=1S/C9H15N3S2/c1-7(9(10)13)3-12(2)4-8-5-14-6-11-8/h5-7H,3-4H2,1-2H3,(H2,10,13). The van der Waals surface area contributed by atoms with Gasteiger partial charge in [0, 0.05) is 24.4 Å². The zero-order chi connectivity index (χ0) is 10.6. The molecule has 2 N–H and O–H groups in total. The van der Waals surface area contributed by atoms with Crippen LogP contribution >= 0.6 is 23.6 Å². The molecule has 0 amide bonds. The highest BCUT2D eigenvalue weighted by Crippen LogP contribution is 2.06. The normalized spacial score (nSPS) is 13.1. The van der Waals surface area contributed by atoms with Crippen molar-refractivity contribution in [3.8, 4) is 0 Å². The van der Waals surface area contributed by atoms with Crippen LogP contribution < -0.4 is 5.73 Å². The molecule has 0 saturated heterocycles. The number of thiazole rings is 1. The van der Waals surface area contributed by atoms with Crippen molar-refractivity contribution >= 4 is 28.5 Å². The summed E-state index contributed by atoms with van der Waals surface area (Å²) in [4.78, 5) is 6.98. The highest BCUT2D eigenvalue weighted by molar-refractivity contribution is 7.80. The molecule has 1 unspecified atom stereocenters. The first-order chi connectivity index (χ1) is 6.59. The van der Waals surface area contributed by atoms with Crippen LogP contribution in [-0.2, 0) is 6.54 Å². The van der Waals surface area contributed by atoms with E-state index in [9.17, 15) is 0 Å². The predicted molar refractivity (Wildman–Crippen MR) is 64.4 cm³/mol. The molecule has 0 fully saturated rings. The second-order valence-corrected chi connectivity index (χ2v) is 4.67. The molecule has 0 aliphatic rings. The van der Waals surface area contributed by atoms with Crippen molar-refractivity contribution in [1.29, 1.82) is 0 Å². The number of hydrogen-bond donors (Lipinski definition) is 1. The molecular weight excluding hydrogens is 214 g/mol. The van der Waals surface area contributed by atoms with Crippen molar-refractivity contribution in [3.05, 3.63) is 16.6 Å². The molecule has 1 aromatic heterocycles. The van der Waals surface area contributed by atoms with Gasteiger partial charge in [0.1, 0.15) is 0 Å². The summed E-state index contributed by atoms with van der Waals surface area (Å²) in [6.07, 6.45) is 0. The fourth-order valence-electron chi connectivity index (χ4n) is 1.21. The second kappa shape index (κ2) is 5.38. The van der Waals surface area contributed by atoms with Crippen LogP contribution in [0.1, 0.15) is 12.6 Å². The fourth-order valence-corrected chi connectivity index (χ4v) is 1.84. The van der Waals surface area contributed by atoms with Gasteiger partial charge in [-0.1, -0.05) is 19.1 Å². The minimum absolute atomic E-state index is 0.258. The van der Waals surface area contributed by atoms with Gasteiger partial charge in [-0.05, 0) is 7.05 Å². The smallest absolute Gasteiger partial charge is 0.0795 e. The van der Waals surface area contributed by atoms with Crippen molar-refractivity contribution in [2.45, 2.75) is 13.5 Å². The second-order valence-electron chi connectivity index (χ2n) is 3.48. The van der Waals surface area contributed by atoms with Crippen molar-refractivity contribution in [1.82, 2.24) is 9.88 Å². The van der Waals surface area contributed by atoms with Gasteiger partial charge in [0.15, 0.2) is 0 Å². The molecule has 0 spiro atoms. The molecule has 1 rings (SSSR count). The Morgan fingerprint density at radius 1 is 1.79 bits per heavy atom. The van der Waals surface area contributed by atoms with E-state index < -0.39 is 0 Å². The molecule has 3 nitrogen and oxygen atoms in total. The SMILES string of the molecule is CC(CN(C)Cc1cscn1)C(N)=S. The summed E-state index contributed by atoms with van der Waals surface area (Å²) >= 11 is 6.54. The molecule has 1 heterocycles. The summed E-state index contributed by atoms with van der Waals surface area (Å²) in [5, 5.41) is 2.06. The Bertz CT molecular complexity index is 284. The van der Waals surface area contributed by atoms with Crippen LogP contribution in [0.25, 0.3) is 0 Å². The molecular formula is C9H15N3S2. The monoisotopic (exact) mass is 229 g/mol. The maximum Gasteiger partial charge on any atom is 0.0795 e. The lowest BCUT2D eigenvalue weighted by atomic mass is 10.2. The third kappa shape index (κ3) is 3.69. The number of aromatic nitrogens is 1. The molecule has 0 aliphatic carbocycles. The molecule has 0 aliphatic heterocycles. The van der Waals surface area contributed by atoms with Gasteiger partial charge in [-0.25, -0.2) is 4.98 Å². The number of nitrogens with zero attached hydrogens (tertiary/aromatic N) is 2. The molecule has 0 radical (unpaired) electrons. The minimum Gasteiger partial charge on any atom is -0.393 e. The zero-order valence-corrected chi connectivity index (χ0v) is 10.1. The van der Waals surface area contributed by atoms with Gasteiger partial charge >= 0.3 is 0 Å². The van der Waals surface area contributed by atoms with Gasteiger partial charge in [-0.2, -0.15) is 0 Å². The molecule has 0 saturated carbocycles. The molecule has 0 aromatic carbocycles. The van der Waals surface area contributed by atoms with Crippen molar-refractivity contribution in [3.63, 3.8) is 0 Å². The van der Waals surface area contributed by atoms with E-state index in [1.54, 1.807) is 11.3 Å². The Labute approximate surface area is 93.9 Å². The first-order valence-electron chi connectivity index (χ1n) is 4.44. The summed E-state index contributed by atoms with van der Waals surface area (Å²) < 4.78 is 0. The molecule has 14 heavy (non-hydrogen) atoms. The van der Waals surface area contributed by atoms with E-state index in [4.69, 9.17) is 18.0 Å². The van der Waals surface area contributed by atoms with Gasteiger partial charge in [0.05, 0.1) is 16.2 Å². The average Bonchev–Trinajstić information content (AvgIpc) is 2.56. The fraction of sp³-hybridized carbons (Fsp3) is 0.556. The quantitative estimate of drug-likeness (QED) is 0.777. The van der Waals surface area contributed by atoms with Crippen LogP contribution in [0.2, 0.25) is 0 Å². The number of thiocarbonyl (C=S) groups is 1. The predicted octanol–water partition coefficient (Wildman–Crippen LogP) is 1.50. The lowest BCUT2D eigenvalue weighted by Crippen LogP contribution is -2.31. The van der Waals surface area contributed by atoms with Crippen molar-refractivity contribution < 1.29 is 0 Å².